The average molecular weight is 372 g/mol. The van der Waals surface area contributed by atoms with Crippen LogP contribution in [0.5, 0.6) is 0 Å². The van der Waals surface area contributed by atoms with Gasteiger partial charge in [0.1, 0.15) is 18.2 Å². The number of rotatable bonds is 5. The van der Waals surface area contributed by atoms with Crippen LogP contribution >= 0.6 is 0 Å². The van der Waals surface area contributed by atoms with Gasteiger partial charge in [0.25, 0.3) is 0 Å². The highest BCUT2D eigenvalue weighted by molar-refractivity contribution is 5.67. The Labute approximate surface area is 156 Å². The van der Waals surface area contributed by atoms with Gasteiger partial charge in [-0.2, -0.15) is 0 Å². The van der Waals surface area contributed by atoms with Gasteiger partial charge >= 0.3 is 6.09 Å². The van der Waals surface area contributed by atoms with Gasteiger partial charge in [-0.3, -0.25) is 0 Å². The average Bonchev–Trinajstić information content (AvgIpc) is 3.36. The maximum absolute atomic E-state index is 14.5. The number of carbonyl (C=O) groups is 1. The molecule has 4 nitrogen and oxygen atoms in total. The monoisotopic (exact) mass is 372 g/mol. The van der Waals surface area contributed by atoms with Crippen molar-refractivity contribution in [2.24, 2.45) is 11.8 Å². The first kappa shape index (κ1) is 17.9. The van der Waals surface area contributed by atoms with Crippen molar-refractivity contribution in [3.63, 3.8) is 0 Å². The highest BCUT2D eigenvalue weighted by Crippen LogP contribution is 2.62. The molecule has 2 aromatic carbocycles. The summed E-state index contributed by atoms with van der Waals surface area (Å²) < 4.78 is 33.6. The number of halogens is 2. The molecule has 1 aliphatic heterocycles. The van der Waals surface area contributed by atoms with Crippen LogP contribution in [0.15, 0.2) is 48.5 Å². The third-order valence-electron chi connectivity index (χ3n) is 5.86. The van der Waals surface area contributed by atoms with Crippen molar-refractivity contribution in [2.45, 2.75) is 18.4 Å². The van der Waals surface area contributed by atoms with Gasteiger partial charge in [-0.25, -0.2) is 13.6 Å². The maximum Gasteiger partial charge on any atom is 0.407 e. The van der Waals surface area contributed by atoms with Crippen molar-refractivity contribution in [2.75, 3.05) is 19.6 Å². The van der Waals surface area contributed by atoms with E-state index < -0.39 is 23.1 Å². The molecule has 1 saturated heterocycles. The molecule has 142 valence electrons. The second-order valence-corrected chi connectivity index (χ2v) is 7.29. The minimum atomic E-state index is -0.582. The smallest absolute Gasteiger partial charge is 0.407 e. The van der Waals surface area contributed by atoms with Crippen molar-refractivity contribution in [1.82, 2.24) is 10.6 Å². The number of nitrogens with one attached hydrogen (secondary N) is 2. The van der Waals surface area contributed by atoms with Gasteiger partial charge < -0.3 is 15.4 Å². The summed E-state index contributed by atoms with van der Waals surface area (Å²) in [6.45, 7) is 1.99. The number of piperidine rings is 1. The number of ether oxygens (including phenoxy) is 1. The first-order valence-corrected chi connectivity index (χ1v) is 9.22. The van der Waals surface area contributed by atoms with E-state index in [9.17, 15) is 13.6 Å². The van der Waals surface area contributed by atoms with Gasteiger partial charge in [-0.15, -0.1) is 0 Å². The van der Waals surface area contributed by atoms with Gasteiger partial charge in [-0.05, 0) is 60.7 Å². The predicted molar refractivity (Wildman–Crippen MR) is 97.1 cm³/mol. The van der Waals surface area contributed by atoms with Crippen LogP contribution in [-0.2, 0) is 16.8 Å². The molecule has 2 aliphatic rings. The summed E-state index contributed by atoms with van der Waals surface area (Å²) in [5, 5.41) is 6.09. The summed E-state index contributed by atoms with van der Waals surface area (Å²) in [4.78, 5) is 12.2. The van der Waals surface area contributed by atoms with Crippen LogP contribution in [-0.4, -0.2) is 25.7 Å². The Balaban J connectivity index is 1.46. The molecule has 0 bridgehead atoms. The first-order chi connectivity index (χ1) is 13.1. The standard InChI is InChI=1S/C21H22F2N2O2/c22-15-6-7-19(23)17(10-15)21(16-8-9-24-11-18(16)21)13-25-20(26)27-12-14-4-2-1-3-5-14/h1-7,10,16,18,24H,8-9,11-13H2,(H,25,26)/t16-,18+,21-/m1/s1. The van der Waals surface area contributed by atoms with E-state index in [-0.39, 0.29) is 25.0 Å². The number of fused-ring (bicyclic) bond motifs is 1. The summed E-state index contributed by atoms with van der Waals surface area (Å²) in [6.07, 6.45) is 0.327. The molecule has 1 aliphatic carbocycles. The fourth-order valence-electron chi connectivity index (χ4n) is 4.51. The van der Waals surface area contributed by atoms with Crippen molar-refractivity contribution >= 4 is 6.09 Å². The Bertz CT molecular complexity index is 816. The zero-order valence-electron chi connectivity index (χ0n) is 14.9. The SMILES string of the molecule is O=C(NC[C@]1(c2cc(F)ccc2F)[C@@H]2CCNC[C@@H]21)OCc1ccccc1. The zero-order valence-corrected chi connectivity index (χ0v) is 14.9. The van der Waals surface area contributed by atoms with Crippen LogP contribution < -0.4 is 10.6 Å². The van der Waals surface area contributed by atoms with Crippen molar-refractivity contribution < 1.29 is 18.3 Å². The number of hydrogen-bond donors (Lipinski definition) is 2. The van der Waals surface area contributed by atoms with E-state index in [2.05, 4.69) is 10.6 Å². The van der Waals surface area contributed by atoms with Crippen molar-refractivity contribution in [1.29, 1.82) is 0 Å². The summed E-state index contributed by atoms with van der Waals surface area (Å²) in [7, 11) is 0. The Kier molecular flexibility index (Phi) is 4.83. The molecule has 27 heavy (non-hydrogen) atoms. The molecular weight excluding hydrogens is 350 g/mol. The fraction of sp³-hybridized carbons (Fsp3) is 0.381. The molecule has 1 amide bonds. The molecule has 4 rings (SSSR count). The normalized spacial score (nSPS) is 26.1. The van der Waals surface area contributed by atoms with Crippen LogP contribution in [0.25, 0.3) is 0 Å². The molecule has 0 spiro atoms. The largest absolute Gasteiger partial charge is 0.445 e. The lowest BCUT2D eigenvalue weighted by Gasteiger charge is -2.20. The molecule has 0 aromatic heterocycles. The van der Waals surface area contributed by atoms with Gasteiger partial charge in [0.2, 0.25) is 0 Å². The van der Waals surface area contributed by atoms with E-state index in [1.807, 2.05) is 30.3 Å². The molecule has 1 saturated carbocycles. The maximum atomic E-state index is 14.5. The number of amides is 1. The zero-order chi connectivity index (χ0) is 18.9. The molecule has 2 N–H and O–H groups in total. The Morgan fingerprint density at radius 3 is 2.74 bits per heavy atom. The van der Waals surface area contributed by atoms with Gasteiger partial charge in [0.15, 0.2) is 0 Å². The van der Waals surface area contributed by atoms with Gasteiger partial charge in [-0.1, -0.05) is 30.3 Å². The van der Waals surface area contributed by atoms with Crippen molar-refractivity contribution in [3.8, 4) is 0 Å². The van der Waals surface area contributed by atoms with Crippen LogP contribution in [0, 0.1) is 23.5 Å². The highest BCUT2D eigenvalue weighted by atomic mass is 19.1. The summed E-state index contributed by atoms with van der Waals surface area (Å²) in [5.74, 6) is -0.485. The predicted octanol–water partition coefficient (Wildman–Crippen LogP) is 3.37. The lowest BCUT2D eigenvalue weighted by Crippen LogP contribution is -2.35. The first-order valence-electron chi connectivity index (χ1n) is 9.22. The molecular formula is C21H22F2N2O2. The van der Waals surface area contributed by atoms with Crippen LogP contribution in [0.1, 0.15) is 17.5 Å². The van der Waals surface area contributed by atoms with Gasteiger partial charge in [0, 0.05) is 12.0 Å². The number of benzene rings is 2. The second kappa shape index (κ2) is 7.27. The third-order valence-corrected chi connectivity index (χ3v) is 5.86. The number of hydrogen-bond acceptors (Lipinski definition) is 3. The second-order valence-electron chi connectivity index (χ2n) is 7.29. The van der Waals surface area contributed by atoms with Gasteiger partial charge in [0.05, 0.1) is 0 Å². The number of alkyl carbamates (subject to hydrolysis) is 1. The lowest BCUT2D eigenvalue weighted by atomic mass is 9.90. The molecule has 2 fully saturated rings. The van der Waals surface area contributed by atoms with E-state index in [4.69, 9.17) is 4.74 Å². The topological polar surface area (TPSA) is 50.4 Å². The summed E-state index contributed by atoms with van der Waals surface area (Å²) >= 11 is 0. The molecule has 3 atom stereocenters. The van der Waals surface area contributed by atoms with E-state index in [1.54, 1.807) is 0 Å². The van der Waals surface area contributed by atoms with E-state index in [0.29, 0.717) is 5.56 Å². The summed E-state index contributed by atoms with van der Waals surface area (Å²) in [5.41, 5.74) is 0.661. The minimum Gasteiger partial charge on any atom is -0.445 e. The Hall–Kier alpha value is -2.47. The van der Waals surface area contributed by atoms with Crippen LogP contribution in [0.2, 0.25) is 0 Å². The molecule has 0 unspecified atom stereocenters. The van der Waals surface area contributed by atoms with E-state index >= 15 is 0 Å². The van der Waals surface area contributed by atoms with E-state index in [1.165, 1.54) is 6.07 Å². The fourth-order valence-corrected chi connectivity index (χ4v) is 4.51. The van der Waals surface area contributed by atoms with Crippen LogP contribution in [0.3, 0.4) is 0 Å². The molecule has 2 aromatic rings. The minimum absolute atomic E-state index is 0.169. The number of carbonyl (C=O) groups excluding carboxylic acids is 1. The Morgan fingerprint density at radius 1 is 1.19 bits per heavy atom. The third kappa shape index (κ3) is 3.41. The molecule has 0 radical (unpaired) electrons. The van der Waals surface area contributed by atoms with E-state index in [0.717, 1.165) is 37.2 Å². The molecule has 1 heterocycles. The van der Waals surface area contributed by atoms with Crippen molar-refractivity contribution in [3.05, 3.63) is 71.3 Å². The van der Waals surface area contributed by atoms with Crippen LogP contribution in [0.4, 0.5) is 13.6 Å². The quantitative estimate of drug-likeness (QED) is 0.846. The lowest BCUT2D eigenvalue weighted by molar-refractivity contribution is 0.138. The summed E-state index contributed by atoms with van der Waals surface area (Å²) in [6, 6.07) is 12.9. The Morgan fingerprint density at radius 2 is 2.00 bits per heavy atom. The molecule has 6 heteroatoms. The highest BCUT2D eigenvalue weighted by Gasteiger charge is 2.66.